The summed E-state index contributed by atoms with van der Waals surface area (Å²) in [4.78, 5) is 20.9. The van der Waals surface area contributed by atoms with Crippen molar-refractivity contribution >= 4 is 17.4 Å². The van der Waals surface area contributed by atoms with E-state index in [9.17, 15) is 4.79 Å². The van der Waals surface area contributed by atoms with Gasteiger partial charge in [-0.25, -0.2) is 9.97 Å². The standard InChI is InChI=1S/C21H22N4O3/c1-14-6-4-5-7-15(14)11-23-20-13-22-18(12-24-20)21(26)25-17-9-8-16(27-2)10-19(17)28-3/h4-10,12-13H,11H2,1-3H3,(H,23,24)(H,25,26). The van der Waals surface area contributed by atoms with Crippen LogP contribution < -0.4 is 20.1 Å². The van der Waals surface area contributed by atoms with Gasteiger partial charge in [-0.2, -0.15) is 0 Å². The van der Waals surface area contributed by atoms with E-state index in [1.807, 2.05) is 12.1 Å². The van der Waals surface area contributed by atoms with Gasteiger partial charge in [0, 0.05) is 12.6 Å². The zero-order valence-electron chi connectivity index (χ0n) is 16.0. The van der Waals surface area contributed by atoms with Crippen LogP contribution in [0.3, 0.4) is 0 Å². The van der Waals surface area contributed by atoms with Crippen molar-refractivity contribution in [2.75, 3.05) is 24.9 Å². The lowest BCUT2D eigenvalue weighted by atomic mass is 10.1. The van der Waals surface area contributed by atoms with Crippen LogP contribution in [0.5, 0.6) is 11.5 Å². The second-order valence-electron chi connectivity index (χ2n) is 6.09. The molecule has 28 heavy (non-hydrogen) atoms. The van der Waals surface area contributed by atoms with Crippen molar-refractivity contribution in [3.05, 3.63) is 71.7 Å². The van der Waals surface area contributed by atoms with Gasteiger partial charge in [0.15, 0.2) is 0 Å². The molecule has 0 unspecified atom stereocenters. The zero-order chi connectivity index (χ0) is 19.9. The summed E-state index contributed by atoms with van der Waals surface area (Å²) in [5.41, 5.74) is 3.11. The second-order valence-corrected chi connectivity index (χ2v) is 6.09. The molecular weight excluding hydrogens is 356 g/mol. The van der Waals surface area contributed by atoms with Gasteiger partial charge >= 0.3 is 0 Å². The fourth-order valence-corrected chi connectivity index (χ4v) is 2.62. The van der Waals surface area contributed by atoms with Crippen molar-refractivity contribution < 1.29 is 14.3 Å². The smallest absolute Gasteiger partial charge is 0.275 e. The number of nitrogens with one attached hydrogen (secondary N) is 2. The highest BCUT2D eigenvalue weighted by Gasteiger charge is 2.12. The predicted octanol–water partition coefficient (Wildman–Crippen LogP) is 3.67. The number of ether oxygens (including phenoxy) is 2. The third-order valence-electron chi connectivity index (χ3n) is 4.26. The molecule has 1 heterocycles. The first-order valence-electron chi connectivity index (χ1n) is 8.74. The fourth-order valence-electron chi connectivity index (χ4n) is 2.62. The predicted molar refractivity (Wildman–Crippen MR) is 108 cm³/mol. The number of rotatable bonds is 7. The van der Waals surface area contributed by atoms with Crippen molar-refractivity contribution in [1.82, 2.24) is 9.97 Å². The minimum Gasteiger partial charge on any atom is -0.497 e. The maximum atomic E-state index is 12.5. The van der Waals surface area contributed by atoms with E-state index in [1.54, 1.807) is 31.5 Å². The summed E-state index contributed by atoms with van der Waals surface area (Å²) in [7, 11) is 3.09. The van der Waals surface area contributed by atoms with Crippen LogP contribution in [0, 0.1) is 6.92 Å². The van der Waals surface area contributed by atoms with E-state index in [2.05, 4.69) is 39.7 Å². The van der Waals surface area contributed by atoms with E-state index >= 15 is 0 Å². The first kappa shape index (κ1) is 19.2. The van der Waals surface area contributed by atoms with Gasteiger partial charge in [-0.15, -0.1) is 0 Å². The van der Waals surface area contributed by atoms with Gasteiger partial charge in [0.25, 0.3) is 5.91 Å². The Balaban J connectivity index is 1.64. The second kappa shape index (κ2) is 8.85. The molecule has 0 fully saturated rings. The Morgan fingerprint density at radius 2 is 1.86 bits per heavy atom. The monoisotopic (exact) mass is 378 g/mol. The summed E-state index contributed by atoms with van der Waals surface area (Å²) in [6.45, 7) is 2.69. The van der Waals surface area contributed by atoms with Gasteiger partial charge in [-0.1, -0.05) is 24.3 Å². The molecule has 3 aromatic rings. The van der Waals surface area contributed by atoms with Gasteiger partial charge in [-0.05, 0) is 30.2 Å². The van der Waals surface area contributed by atoms with Gasteiger partial charge in [0.05, 0.1) is 32.3 Å². The third-order valence-corrected chi connectivity index (χ3v) is 4.26. The van der Waals surface area contributed by atoms with Crippen LogP contribution in [-0.2, 0) is 6.54 Å². The lowest BCUT2D eigenvalue weighted by Crippen LogP contribution is -2.15. The highest BCUT2D eigenvalue weighted by atomic mass is 16.5. The van der Waals surface area contributed by atoms with E-state index < -0.39 is 0 Å². The fraction of sp³-hybridized carbons (Fsp3) is 0.190. The molecule has 0 saturated heterocycles. The van der Waals surface area contributed by atoms with E-state index in [0.717, 1.165) is 0 Å². The molecule has 0 aliphatic heterocycles. The van der Waals surface area contributed by atoms with Crippen molar-refractivity contribution in [2.45, 2.75) is 13.5 Å². The molecule has 2 N–H and O–H groups in total. The maximum Gasteiger partial charge on any atom is 0.275 e. The van der Waals surface area contributed by atoms with Crippen LogP contribution in [0.25, 0.3) is 0 Å². The summed E-state index contributed by atoms with van der Waals surface area (Å²) in [5.74, 6) is 1.36. The highest BCUT2D eigenvalue weighted by Crippen LogP contribution is 2.29. The average Bonchev–Trinajstić information content (AvgIpc) is 2.73. The SMILES string of the molecule is COc1ccc(NC(=O)c2cnc(NCc3ccccc3C)cn2)c(OC)c1. The summed E-state index contributed by atoms with van der Waals surface area (Å²) in [6.07, 6.45) is 2.98. The maximum absolute atomic E-state index is 12.5. The Morgan fingerprint density at radius 1 is 1.04 bits per heavy atom. The molecule has 7 heteroatoms. The number of hydrogen-bond acceptors (Lipinski definition) is 6. The number of carbonyl (C=O) groups excluding carboxylic acids is 1. The number of benzene rings is 2. The Kier molecular flexibility index (Phi) is 6.06. The van der Waals surface area contributed by atoms with E-state index in [4.69, 9.17) is 9.47 Å². The van der Waals surface area contributed by atoms with Crippen molar-refractivity contribution in [3.8, 4) is 11.5 Å². The molecule has 0 radical (unpaired) electrons. The van der Waals surface area contributed by atoms with Gasteiger partial charge < -0.3 is 20.1 Å². The van der Waals surface area contributed by atoms with Crippen LogP contribution in [0.2, 0.25) is 0 Å². The lowest BCUT2D eigenvalue weighted by Gasteiger charge is -2.11. The first-order valence-corrected chi connectivity index (χ1v) is 8.74. The Bertz CT molecular complexity index is 958. The number of hydrogen-bond donors (Lipinski definition) is 2. The molecule has 144 valence electrons. The summed E-state index contributed by atoms with van der Waals surface area (Å²) in [5, 5.41) is 5.98. The molecule has 7 nitrogen and oxygen atoms in total. The number of amides is 1. The summed E-state index contributed by atoms with van der Waals surface area (Å²) >= 11 is 0. The zero-order valence-corrected chi connectivity index (χ0v) is 16.0. The number of aromatic nitrogens is 2. The van der Waals surface area contributed by atoms with Crippen molar-refractivity contribution in [2.24, 2.45) is 0 Å². The largest absolute Gasteiger partial charge is 0.497 e. The number of aryl methyl sites for hydroxylation is 1. The molecule has 1 aromatic heterocycles. The highest BCUT2D eigenvalue weighted by molar-refractivity contribution is 6.03. The molecule has 0 aliphatic carbocycles. The van der Waals surface area contributed by atoms with Crippen LogP contribution in [-0.4, -0.2) is 30.1 Å². The number of methoxy groups -OCH3 is 2. The average molecular weight is 378 g/mol. The Labute approximate surface area is 163 Å². The van der Waals surface area contributed by atoms with Gasteiger partial charge in [0.1, 0.15) is 23.0 Å². The lowest BCUT2D eigenvalue weighted by molar-refractivity contribution is 0.102. The van der Waals surface area contributed by atoms with Crippen LogP contribution in [0.1, 0.15) is 21.6 Å². The molecule has 0 spiro atoms. The van der Waals surface area contributed by atoms with Gasteiger partial charge in [-0.3, -0.25) is 4.79 Å². The van der Waals surface area contributed by atoms with Crippen LogP contribution in [0.4, 0.5) is 11.5 Å². The van der Waals surface area contributed by atoms with E-state index in [0.29, 0.717) is 29.5 Å². The molecule has 2 aromatic carbocycles. The van der Waals surface area contributed by atoms with Crippen molar-refractivity contribution in [3.63, 3.8) is 0 Å². The minimum atomic E-state index is -0.374. The Hall–Kier alpha value is -3.61. The topological polar surface area (TPSA) is 85.4 Å². The first-order chi connectivity index (χ1) is 13.6. The number of carbonyl (C=O) groups is 1. The Morgan fingerprint density at radius 3 is 2.54 bits per heavy atom. The molecule has 1 amide bonds. The quantitative estimate of drug-likeness (QED) is 0.653. The van der Waals surface area contributed by atoms with Crippen LogP contribution >= 0.6 is 0 Å². The van der Waals surface area contributed by atoms with E-state index in [-0.39, 0.29) is 11.6 Å². The molecule has 0 aliphatic rings. The van der Waals surface area contributed by atoms with Crippen LogP contribution in [0.15, 0.2) is 54.9 Å². The molecular formula is C21H22N4O3. The molecule has 0 saturated carbocycles. The normalized spacial score (nSPS) is 10.2. The third kappa shape index (κ3) is 4.56. The summed E-state index contributed by atoms with van der Waals surface area (Å²) < 4.78 is 10.4. The van der Waals surface area contributed by atoms with E-state index in [1.165, 1.54) is 24.4 Å². The number of nitrogens with zero attached hydrogens (tertiary/aromatic N) is 2. The molecule has 0 bridgehead atoms. The molecule has 0 atom stereocenters. The van der Waals surface area contributed by atoms with Crippen molar-refractivity contribution in [1.29, 1.82) is 0 Å². The minimum absolute atomic E-state index is 0.208. The molecule has 3 rings (SSSR count). The summed E-state index contributed by atoms with van der Waals surface area (Å²) in [6, 6.07) is 13.3. The van der Waals surface area contributed by atoms with Gasteiger partial charge in [0.2, 0.25) is 0 Å². The number of anilines is 2.